The summed E-state index contributed by atoms with van der Waals surface area (Å²) < 4.78 is 1.88. The second kappa shape index (κ2) is 6.71. The fraction of sp³-hybridized carbons (Fsp3) is 0.467. The van der Waals surface area contributed by atoms with Crippen molar-refractivity contribution >= 4 is 11.6 Å². The number of hydrogen-bond acceptors (Lipinski definition) is 2. The summed E-state index contributed by atoms with van der Waals surface area (Å²) >= 11 is 5.67. The number of aromatic nitrogens is 3. The van der Waals surface area contributed by atoms with Gasteiger partial charge in [-0.05, 0) is 29.9 Å². The van der Waals surface area contributed by atoms with E-state index in [1.165, 1.54) is 11.1 Å². The Balaban J connectivity index is 1.98. The molecule has 2 aromatic rings. The topological polar surface area (TPSA) is 30.7 Å². The molecule has 0 spiro atoms. The largest absolute Gasteiger partial charge is 0.248 e. The van der Waals surface area contributed by atoms with Crippen LogP contribution >= 0.6 is 11.6 Å². The van der Waals surface area contributed by atoms with Crippen molar-refractivity contribution in [3.63, 3.8) is 0 Å². The number of aryl methyl sites for hydroxylation is 1. The van der Waals surface area contributed by atoms with Crippen LogP contribution in [0.15, 0.2) is 30.5 Å². The molecule has 2 rings (SSSR count). The van der Waals surface area contributed by atoms with Gasteiger partial charge < -0.3 is 0 Å². The molecule has 0 bridgehead atoms. The first-order valence-electron chi connectivity index (χ1n) is 6.73. The molecule has 1 aromatic heterocycles. The van der Waals surface area contributed by atoms with E-state index in [1.807, 2.05) is 10.9 Å². The molecule has 0 amide bonds. The van der Waals surface area contributed by atoms with Gasteiger partial charge in [0.25, 0.3) is 0 Å². The van der Waals surface area contributed by atoms with Gasteiger partial charge in [-0.15, -0.1) is 16.7 Å². The van der Waals surface area contributed by atoms with Gasteiger partial charge in [-0.1, -0.05) is 43.3 Å². The van der Waals surface area contributed by atoms with Crippen LogP contribution < -0.4 is 0 Å². The average Bonchev–Trinajstić information content (AvgIpc) is 2.84. The van der Waals surface area contributed by atoms with Gasteiger partial charge >= 0.3 is 0 Å². The first-order valence-corrected chi connectivity index (χ1v) is 7.26. The highest BCUT2D eigenvalue weighted by Crippen LogP contribution is 2.15. The van der Waals surface area contributed by atoms with Crippen LogP contribution in [0.5, 0.6) is 0 Å². The van der Waals surface area contributed by atoms with Crippen molar-refractivity contribution < 1.29 is 0 Å². The predicted molar refractivity (Wildman–Crippen MR) is 78.7 cm³/mol. The maximum atomic E-state index is 5.67. The van der Waals surface area contributed by atoms with Crippen molar-refractivity contribution in [3.8, 4) is 0 Å². The Morgan fingerprint density at radius 1 is 1.21 bits per heavy atom. The minimum Gasteiger partial charge on any atom is -0.248 e. The third kappa shape index (κ3) is 4.06. The second-order valence-electron chi connectivity index (χ2n) is 5.10. The van der Waals surface area contributed by atoms with Crippen LogP contribution in [-0.2, 0) is 13.0 Å². The molecule has 0 atom stereocenters. The number of nitrogens with zero attached hydrogens (tertiary/aromatic N) is 3. The van der Waals surface area contributed by atoms with Gasteiger partial charge in [0.2, 0.25) is 0 Å². The van der Waals surface area contributed by atoms with Gasteiger partial charge in [0, 0.05) is 12.1 Å². The van der Waals surface area contributed by atoms with Gasteiger partial charge in [-0.25, -0.2) is 4.68 Å². The van der Waals surface area contributed by atoms with Crippen molar-refractivity contribution in [1.82, 2.24) is 15.0 Å². The molecule has 0 unspecified atom stereocenters. The van der Waals surface area contributed by atoms with Crippen LogP contribution in [0.2, 0.25) is 0 Å². The van der Waals surface area contributed by atoms with E-state index in [9.17, 15) is 0 Å². The van der Waals surface area contributed by atoms with Crippen LogP contribution in [0.25, 0.3) is 0 Å². The zero-order valence-corrected chi connectivity index (χ0v) is 12.3. The fourth-order valence-electron chi connectivity index (χ4n) is 1.97. The van der Waals surface area contributed by atoms with Crippen LogP contribution in [0.4, 0.5) is 0 Å². The first kappa shape index (κ1) is 14.1. The third-order valence-electron chi connectivity index (χ3n) is 3.14. The smallest absolute Gasteiger partial charge is 0.0827 e. The van der Waals surface area contributed by atoms with Crippen molar-refractivity contribution in [2.24, 2.45) is 0 Å². The van der Waals surface area contributed by atoms with Crippen molar-refractivity contribution in [3.05, 3.63) is 47.3 Å². The molecule has 4 heteroatoms. The Morgan fingerprint density at radius 3 is 2.58 bits per heavy atom. The summed E-state index contributed by atoms with van der Waals surface area (Å²) in [4.78, 5) is 0. The number of hydrogen-bond donors (Lipinski definition) is 0. The lowest BCUT2D eigenvalue weighted by Crippen LogP contribution is -2.00. The van der Waals surface area contributed by atoms with Crippen molar-refractivity contribution in [2.75, 3.05) is 5.88 Å². The second-order valence-corrected chi connectivity index (χ2v) is 5.47. The molecule has 0 N–H and O–H groups in total. The van der Waals surface area contributed by atoms with Crippen LogP contribution in [0, 0.1) is 0 Å². The number of alkyl halides is 1. The molecule has 0 fully saturated rings. The summed E-state index contributed by atoms with van der Waals surface area (Å²) in [5, 5.41) is 8.30. The molecule has 1 heterocycles. The Kier molecular flexibility index (Phi) is 4.97. The summed E-state index contributed by atoms with van der Waals surface area (Å²) in [5.41, 5.74) is 3.63. The lowest BCUT2D eigenvalue weighted by atomic mass is 10.0. The van der Waals surface area contributed by atoms with Crippen LogP contribution in [0.1, 0.15) is 43.0 Å². The van der Waals surface area contributed by atoms with Gasteiger partial charge in [0.05, 0.1) is 12.2 Å². The maximum Gasteiger partial charge on any atom is 0.0827 e. The first-order chi connectivity index (χ1) is 9.19. The van der Waals surface area contributed by atoms with Crippen molar-refractivity contribution in [1.29, 1.82) is 0 Å². The Hall–Kier alpha value is -1.35. The molecule has 1 aromatic carbocycles. The normalized spacial score (nSPS) is 11.2. The summed E-state index contributed by atoms with van der Waals surface area (Å²) in [6.07, 6.45) is 3.85. The lowest BCUT2D eigenvalue weighted by molar-refractivity contribution is 0.648. The highest BCUT2D eigenvalue weighted by molar-refractivity contribution is 6.17. The Bertz CT molecular complexity index is 502. The van der Waals surface area contributed by atoms with E-state index in [0.29, 0.717) is 11.8 Å². The van der Waals surface area contributed by atoms with Crippen molar-refractivity contribution in [2.45, 2.75) is 39.2 Å². The van der Waals surface area contributed by atoms with Crippen LogP contribution in [0.3, 0.4) is 0 Å². The van der Waals surface area contributed by atoms with E-state index in [-0.39, 0.29) is 0 Å². The molecule has 0 aliphatic heterocycles. The van der Waals surface area contributed by atoms with Gasteiger partial charge in [0.1, 0.15) is 0 Å². The molecule has 0 saturated heterocycles. The highest BCUT2D eigenvalue weighted by Gasteiger charge is 2.03. The van der Waals surface area contributed by atoms with E-state index >= 15 is 0 Å². The molecule has 19 heavy (non-hydrogen) atoms. The summed E-state index contributed by atoms with van der Waals surface area (Å²) in [6, 6.07) is 8.70. The molecular weight excluding hydrogens is 258 g/mol. The molecular formula is C15H20ClN3. The van der Waals surface area contributed by atoms with Gasteiger partial charge in [0.15, 0.2) is 0 Å². The molecule has 0 aliphatic carbocycles. The standard InChI is InChI=1S/C15H20ClN3/c1-12(2)14-7-5-13(6-8-14)10-19-11-15(17-18-19)4-3-9-16/h5-8,11-12H,3-4,9-10H2,1-2H3. The van der Waals surface area contributed by atoms with Gasteiger partial charge in [-0.2, -0.15) is 0 Å². The summed E-state index contributed by atoms with van der Waals surface area (Å²) in [5.74, 6) is 1.24. The molecule has 102 valence electrons. The molecule has 0 radical (unpaired) electrons. The SMILES string of the molecule is CC(C)c1ccc(Cn2cc(CCCCl)nn2)cc1. The fourth-order valence-corrected chi connectivity index (χ4v) is 2.11. The Morgan fingerprint density at radius 2 is 1.95 bits per heavy atom. The average molecular weight is 278 g/mol. The molecule has 0 saturated carbocycles. The van der Waals surface area contributed by atoms with E-state index in [1.54, 1.807) is 0 Å². The van der Waals surface area contributed by atoms with E-state index in [4.69, 9.17) is 11.6 Å². The third-order valence-corrected chi connectivity index (χ3v) is 3.41. The molecule has 0 aliphatic rings. The minimum absolute atomic E-state index is 0.572. The quantitative estimate of drug-likeness (QED) is 0.755. The van der Waals surface area contributed by atoms with Crippen LogP contribution in [-0.4, -0.2) is 20.9 Å². The lowest BCUT2D eigenvalue weighted by Gasteiger charge is -2.06. The monoisotopic (exact) mass is 277 g/mol. The van der Waals surface area contributed by atoms with E-state index in [2.05, 4.69) is 48.4 Å². The molecule has 3 nitrogen and oxygen atoms in total. The maximum absolute atomic E-state index is 5.67. The highest BCUT2D eigenvalue weighted by atomic mass is 35.5. The summed E-state index contributed by atoms with van der Waals surface area (Å²) in [7, 11) is 0. The van der Waals surface area contributed by atoms with E-state index in [0.717, 1.165) is 25.1 Å². The summed E-state index contributed by atoms with van der Waals surface area (Å²) in [6.45, 7) is 5.18. The van der Waals surface area contributed by atoms with E-state index < -0.39 is 0 Å². The zero-order chi connectivity index (χ0) is 13.7. The number of rotatable bonds is 6. The zero-order valence-electron chi connectivity index (χ0n) is 11.5. The number of halogens is 1. The Labute approximate surface area is 119 Å². The van der Waals surface area contributed by atoms with Gasteiger partial charge in [-0.3, -0.25) is 0 Å². The number of benzene rings is 1. The minimum atomic E-state index is 0.572. The predicted octanol–water partition coefficient (Wildman–Crippen LogP) is 3.62.